The van der Waals surface area contributed by atoms with Crippen LogP contribution in [-0.4, -0.2) is 12.6 Å². The van der Waals surface area contributed by atoms with Crippen LogP contribution in [0.25, 0.3) is 0 Å². The number of rotatable bonds is 4. The lowest BCUT2D eigenvalue weighted by atomic mass is 9.83. The van der Waals surface area contributed by atoms with Crippen LogP contribution in [0.1, 0.15) is 37.7 Å². The van der Waals surface area contributed by atoms with Gasteiger partial charge in [0.15, 0.2) is 0 Å². The average molecular weight is 286 g/mol. The number of hydrogen-bond donors (Lipinski definition) is 2. The Morgan fingerprint density at radius 2 is 1.80 bits per heavy atom. The molecular weight excluding hydrogens is 265 g/mol. The molecule has 0 aromatic heterocycles. The lowest BCUT2D eigenvalue weighted by Crippen LogP contribution is -2.37. The molecule has 1 aromatic rings. The van der Waals surface area contributed by atoms with E-state index in [2.05, 4.69) is 5.32 Å². The molecule has 0 bridgehead atoms. The normalized spacial score (nSPS) is 18.8. The minimum absolute atomic E-state index is 0.0844. The topological polar surface area (TPSA) is 38.0 Å². The second-order valence-corrected chi connectivity index (χ2v) is 5.43. The molecular formula is C15H21F3N2. The first-order valence-corrected chi connectivity index (χ1v) is 7.15. The summed E-state index contributed by atoms with van der Waals surface area (Å²) in [4.78, 5) is 0. The zero-order valence-electron chi connectivity index (χ0n) is 11.4. The quantitative estimate of drug-likeness (QED) is 0.877. The highest BCUT2D eigenvalue weighted by molar-refractivity contribution is 5.53. The van der Waals surface area contributed by atoms with Gasteiger partial charge in [0.2, 0.25) is 0 Å². The van der Waals surface area contributed by atoms with Crippen molar-refractivity contribution in [2.75, 3.05) is 11.9 Å². The Kier molecular flexibility index (Phi) is 4.91. The molecule has 112 valence electrons. The van der Waals surface area contributed by atoms with Gasteiger partial charge in [-0.05, 0) is 30.9 Å². The van der Waals surface area contributed by atoms with Crippen molar-refractivity contribution in [1.82, 2.24) is 0 Å². The van der Waals surface area contributed by atoms with Crippen LogP contribution in [0.4, 0.5) is 18.9 Å². The molecule has 5 heteroatoms. The second-order valence-electron chi connectivity index (χ2n) is 5.43. The first-order chi connectivity index (χ1) is 9.52. The molecule has 2 nitrogen and oxygen atoms in total. The van der Waals surface area contributed by atoms with Gasteiger partial charge in [0.05, 0.1) is 5.56 Å². The lowest BCUT2D eigenvalue weighted by molar-refractivity contribution is -0.137. The first-order valence-electron chi connectivity index (χ1n) is 7.15. The minimum atomic E-state index is -4.34. The number of hydrogen-bond acceptors (Lipinski definition) is 2. The second kappa shape index (κ2) is 6.48. The molecule has 1 aliphatic carbocycles. The number of halogens is 3. The standard InChI is InChI=1S/C15H21F3N2/c16-15(17,18)12-8-4-5-9-13(12)20-14(10-19)11-6-2-1-3-7-11/h4-5,8-9,11,14,20H,1-3,6-7,10,19H2. The van der Waals surface area contributed by atoms with Gasteiger partial charge in [-0.3, -0.25) is 0 Å². The number of benzene rings is 1. The third-order valence-corrected chi connectivity index (χ3v) is 4.05. The summed E-state index contributed by atoms with van der Waals surface area (Å²) in [6, 6.07) is 5.53. The van der Waals surface area contributed by atoms with Crippen molar-refractivity contribution in [2.45, 2.75) is 44.3 Å². The van der Waals surface area contributed by atoms with Crippen molar-refractivity contribution in [3.8, 4) is 0 Å². The molecule has 1 saturated carbocycles. The predicted octanol–water partition coefficient (Wildman–Crippen LogP) is 4.02. The fourth-order valence-corrected chi connectivity index (χ4v) is 2.96. The molecule has 0 heterocycles. The third kappa shape index (κ3) is 3.66. The zero-order valence-corrected chi connectivity index (χ0v) is 11.4. The van der Waals surface area contributed by atoms with Crippen LogP contribution < -0.4 is 11.1 Å². The maximum Gasteiger partial charge on any atom is 0.418 e. The van der Waals surface area contributed by atoms with Gasteiger partial charge in [-0.15, -0.1) is 0 Å². The molecule has 1 aromatic carbocycles. The SMILES string of the molecule is NCC(Nc1ccccc1C(F)(F)F)C1CCCCC1. The molecule has 0 aliphatic heterocycles. The van der Waals surface area contributed by atoms with Crippen molar-refractivity contribution in [3.63, 3.8) is 0 Å². The maximum absolute atomic E-state index is 13.0. The lowest BCUT2D eigenvalue weighted by Gasteiger charge is -2.31. The van der Waals surface area contributed by atoms with Crippen LogP contribution in [0, 0.1) is 5.92 Å². The average Bonchev–Trinajstić information content (AvgIpc) is 2.45. The molecule has 1 unspecified atom stereocenters. The van der Waals surface area contributed by atoms with Crippen molar-refractivity contribution in [2.24, 2.45) is 11.7 Å². The van der Waals surface area contributed by atoms with Crippen molar-refractivity contribution >= 4 is 5.69 Å². The van der Waals surface area contributed by atoms with E-state index >= 15 is 0 Å². The number of nitrogens with one attached hydrogen (secondary N) is 1. The summed E-state index contributed by atoms with van der Waals surface area (Å²) in [5.74, 6) is 0.370. The molecule has 0 spiro atoms. The van der Waals surface area contributed by atoms with E-state index in [1.807, 2.05) is 0 Å². The van der Waals surface area contributed by atoms with Crippen LogP contribution in [-0.2, 0) is 6.18 Å². The van der Waals surface area contributed by atoms with E-state index < -0.39 is 11.7 Å². The smallest absolute Gasteiger partial charge is 0.380 e. The highest BCUT2D eigenvalue weighted by atomic mass is 19.4. The number of alkyl halides is 3. The van der Waals surface area contributed by atoms with Crippen LogP contribution in [0.3, 0.4) is 0 Å². The molecule has 0 saturated heterocycles. The predicted molar refractivity (Wildman–Crippen MR) is 74.5 cm³/mol. The van der Waals surface area contributed by atoms with E-state index in [1.165, 1.54) is 18.6 Å². The highest BCUT2D eigenvalue weighted by Crippen LogP contribution is 2.36. The Labute approximate surface area is 117 Å². The summed E-state index contributed by atoms with van der Waals surface area (Å²) in [7, 11) is 0. The monoisotopic (exact) mass is 286 g/mol. The van der Waals surface area contributed by atoms with E-state index in [4.69, 9.17) is 5.73 Å². The van der Waals surface area contributed by atoms with E-state index in [-0.39, 0.29) is 11.7 Å². The summed E-state index contributed by atoms with van der Waals surface area (Å²) in [5, 5.41) is 3.03. The Bertz CT molecular complexity index is 425. The number of nitrogens with two attached hydrogens (primary N) is 1. The summed E-state index contributed by atoms with van der Waals surface area (Å²) in [6.45, 7) is 0.358. The van der Waals surface area contributed by atoms with Gasteiger partial charge in [-0.2, -0.15) is 13.2 Å². The van der Waals surface area contributed by atoms with E-state index in [0.29, 0.717) is 12.5 Å². The van der Waals surface area contributed by atoms with E-state index in [1.54, 1.807) is 6.07 Å². The first kappa shape index (κ1) is 15.2. The summed E-state index contributed by atoms with van der Waals surface area (Å²) in [5.41, 5.74) is 5.29. The number of anilines is 1. The van der Waals surface area contributed by atoms with Gasteiger partial charge in [-0.25, -0.2) is 0 Å². The molecule has 1 fully saturated rings. The maximum atomic E-state index is 13.0. The van der Waals surface area contributed by atoms with Crippen molar-refractivity contribution in [1.29, 1.82) is 0 Å². The largest absolute Gasteiger partial charge is 0.418 e. The molecule has 0 radical (unpaired) electrons. The molecule has 2 rings (SSSR count). The molecule has 3 N–H and O–H groups in total. The van der Waals surface area contributed by atoms with Gasteiger partial charge in [-0.1, -0.05) is 31.4 Å². The summed E-state index contributed by atoms with van der Waals surface area (Å²) < 4.78 is 38.9. The Balaban J connectivity index is 2.15. The van der Waals surface area contributed by atoms with Crippen molar-refractivity contribution in [3.05, 3.63) is 29.8 Å². The molecule has 1 atom stereocenters. The number of para-hydroxylation sites is 1. The van der Waals surface area contributed by atoms with Gasteiger partial charge < -0.3 is 11.1 Å². The van der Waals surface area contributed by atoms with E-state index in [0.717, 1.165) is 31.7 Å². The molecule has 0 amide bonds. The van der Waals surface area contributed by atoms with Crippen LogP contribution in [0.5, 0.6) is 0 Å². The highest BCUT2D eigenvalue weighted by Gasteiger charge is 2.34. The van der Waals surface area contributed by atoms with Gasteiger partial charge in [0.1, 0.15) is 0 Å². The third-order valence-electron chi connectivity index (χ3n) is 4.05. The summed E-state index contributed by atoms with van der Waals surface area (Å²) in [6.07, 6.45) is 1.25. The van der Waals surface area contributed by atoms with Crippen molar-refractivity contribution < 1.29 is 13.2 Å². The molecule has 1 aliphatic rings. The minimum Gasteiger partial charge on any atom is -0.380 e. The van der Waals surface area contributed by atoms with Gasteiger partial charge in [0, 0.05) is 18.3 Å². The Morgan fingerprint density at radius 3 is 2.40 bits per heavy atom. The van der Waals surface area contributed by atoms with E-state index in [9.17, 15) is 13.2 Å². The zero-order chi connectivity index (χ0) is 14.6. The Morgan fingerprint density at radius 1 is 1.15 bits per heavy atom. The fraction of sp³-hybridized carbons (Fsp3) is 0.600. The summed E-state index contributed by atoms with van der Waals surface area (Å²) >= 11 is 0. The fourth-order valence-electron chi connectivity index (χ4n) is 2.96. The molecule has 20 heavy (non-hydrogen) atoms. The van der Waals surface area contributed by atoms with Gasteiger partial charge in [0.25, 0.3) is 0 Å². The van der Waals surface area contributed by atoms with Crippen LogP contribution in [0.15, 0.2) is 24.3 Å². The van der Waals surface area contributed by atoms with Crippen LogP contribution in [0.2, 0.25) is 0 Å². The van der Waals surface area contributed by atoms with Gasteiger partial charge >= 0.3 is 6.18 Å². The van der Waals surface area contributed by atoms with Crippen LogP contribution >= 0.6 is 0 Å². The Hall–Kier alpha value is -1.23.